The highest BCUT2D eigenvalue weighted by molar-refractivity contribution is 7.19. The summed E-state index contributed by atoms with van der Waals surface area (Å²) >= 11 is 1.63. The van der Waals surface area contributed by atoms with Gasteiger partial charge in [-0.15, -0.1) is 11.3 Å². The van der Waals surface area contributed by atoms with Gasteiger partial charge in [0.2, 0.25) is 0 Å². The molecule has 1 aromatic heterocycles. The van der Waals surface area contributed by atoms with Crippen LogP contribution in [0.4, 0.5) is 0 Å². The van der Waals surface area contributed by atoms with Gasteiger partial charge in [0.1, 0.15) is 6.10 Å². The molecule has 1 aromatic carbocycles. The summed E-state index contributed by atoms with van der Waals surface area (Å²) in [6.07, 6.45) is 0.504. The van der Waals surface area contributed by atoms with Crippen molar-refractivity contribution in [2.75, 3.05) is 39.3 Å². The van der Waals surface area contributed by atoms with E-state index < -0.39 is 6.10 Å². The third-order valence-electron chi connectivity index (χ3n) is 4.38. The van der Waals surface area contributed by atoms with Gasteiger partial charge in [0.05, 0.1) is 6.54 Å². The zero-order chi connectivity index (χ0) is 18.8. The quantitative estimate of drug-likeness (QED) is 0.338. The third kappa shape index (κ3) is 6.27. The van der Waals surface area contributed by atoms with Gasteiger partial charge in [0.15, 0.2) is 5.96 Å². The largest absolute Gasteiger partial charge is 0.386 e. The fraction of sp³-hybridized carbons (Fsp3) is 0.550. The Morgan fingerprint density at radius 3 is 2.65 bits per heavy atom. The second-order valence-electron chi connectivity index (χ2n) is 6.23. The standard InChI is InChI=1S/C20H32N4OS/c1-4-21-20(22-12-9-13-24(5-2)6-3)23-15-17(25)19-14-16-10-7-8-11-18(16)26-19/h7-8,10-11,14,17,25H,4-6,9,12-13,15H2,1-3H3,(H2,21,22,23). The van der Waals surface area contributed by atoms with E-state index in [0.717, 1.165) is 50.0 Å². The number of nitrogens with zero attached hydrogens (tertiary/aromatic N) is 2. The molecule has 0 radical (unpaired) electrons. The van der Waals surface area contributed by atoms with Crippen LogP contribution in [0.5, 0.6) is 0 Å². The van der Waals surface area contributed by atoms with E-state index in [9.17, 15) is 5.11 Å². The highest BCUT2D eigenvalue weighted by Gasteiger charge is 2.11. The van der Waals surface area contributed by atoms with E-state index in [2.05, 4.69) is 59.5 Å². The van der Waals surface area contributed by atoms with Crippen LogP contribution < -0.4 is 10.6 Å². The van der Waals surface area contributed by atoms with Crippen molar-refractivity contribution >= 4 is 27.4 Å². The summed E-state index contributed by atoms with van der Waals surface area (Å²) in [6.45, 7) is 11.7. The molecule has 0 fully saturated rings. The molecule has 144 valence electrons. The fourth-order valence-corrected chi connectivity index (χ4v) is 3.87. The Morgan fingerprint density at radius 1 is 1.19 bits per heavy atom. The number of nitrogens with one attached hydrogen (secondary N) is 2. The lowest BCUT2D eigenvalue weighted by molar-refractivity contribution is 0.191. The summed E-state index contributed by atoms with van der Waals surface area (Å²) in [5.41, 5.74) is 0. The first-order chi connectivity index (χ1) is 12.7. The molecule has 0 saturated carbocycles. The first-order valence-corrected chi connectivity index (χ1v) is 10.4. The van der Waals surface area contributed by atoms with Gasteiger partial charge in [0.25, 0.3) is 0 Å². The van der Waals surface area contributed by atoms with Gasteiger partial charge in [-0.05, 0) is 50.5 Å². The van der Waals surface area contributed by atoms with Crippen LogP contribution in [0.2, 0.25) is 0 Å². The van der Waals surface area contributed by atoms with Gasteiger partial charge in [0, 0.05) is 22.7 Å². The molecule has 1 heterocycles. The first kappa shape index (κ1) is 20.7. The van der Waals surface area contributed by atoms with Crippen molar-refractivity contribution in [3.63, 3.8) is 0 Å². The number of hydrogen-bond donors (Lipinski definition) is 3. The number of guanidine groups is 1. The number of thiophene rings is 1. The minimum absolute atomic E-state index is 0.359. The van der Waals surface area contributed by atoms with Crippen LogP contribution in [0.3, 0.4) is 0 Å². The normalized spacial score (nSPS) is 13.3. The number of aliphatic hydroxyl groups is 1. The highest BCUT2D eigenvalue weighted by atomic mass is 32.1. The minimum Gasteiger partial charge on any atom is -0.386 e. The molecular weight excluding hydrogens is 344 g/mol. The van der Waals surface area contributed by atoms with E-state index in [4.69, 9.17) is 0 Å². The van der Waals surface area contributed by atoms with Crippen LogP contribution in [0, 0.1) is 0 Å². The predicted octanol–water partition coefficient (Wildman–Crippen LogP) is 3.22. The van der Waals surface area contributed by atoms with Crippen LogP contribution in [0.1, 0.15) is 38.2 Å². The van der Waals surface area contributed by atoms with Gasteiger partial charge < -0.3 is 20.6 Å². The molecule has 6 heteroatoms. The van der Waals surface area contributed by atoms with Gasteiger partial charge in [-0.1, -0.05) is 32.0 Å². The summed E-state index contributed by atoms with van der Waals surface area (Å²) in [6, 6.07) is 10.3. The average Bonchev–Trinajstić information content (AvgIpc) is 3.10. The lowest BCUT2D eigenvalue weighted by Crippen LogP contribution is -2.39. The van der Waals surface area contributed by atoms with Crippen LogP contribution in [-0.4, -0.2) is 55.2 Å². The summed E-state index contributed by atoms with van der Waals surface area (Å²) in [5.74, 6) is 0.771. The Labute approximate surface area is 161 Å². The maximum atomic E-state index is 10.5. The molecule has 2 rings (SSSR count). The van der Waals surface area contributed by atoms with Crippen LogP contribution in [0.15, 0.2) is 35.3 Å². The van der Waals surface area contributed by atoms with Gasteiger partial charge in [-0.25, -0.2) is 0 Å². The van der Waals surface area contributed by atoms with Crippen molar-refractivity contribution in [1.29, 1.82) is 0 Å². The molecule has 2 aromatic rings. The Bertz CT molecular complexity index is 648. The molecule has 0 saturated heterocycles. The summed E-state index contributed by atoms with van der Waals surface area (Å²) < 4.78 is 1.20. The first-order valence-electron chi connectivity index (χ1n) is 9.59. The molecular formula is C20H32N4OS. The minimum atomic E-state index is -0.571. The van der Waals surface area contributed by atoms with Crippen molar-refractivity contribution < 1.29 is 5.11 Å². The molecule has 26 heavy (non-hydrogen) atoms. The molecule has 0 spiro atoms. The maximum Gasteiger partial charge on any atom is 0.191 e. The molecule has 0 amide bonds. The summed E-state index contributed by atoms with van der Waals surface area (Å²) in [4.78, 5) is 7.93. The van der Waals surface area contributed by atoms with Crippen LogP contribution in [0.25, 0.3) is 10.1 Å². The zero-order valence-corrected chi connectivity index (χ0v) is 17.0. The van der Waals surface area contributed by atoms with Crippen molar-refractivity contribution in [1.82, 2.24) is 15.5 Å². The summed E-state index contributed by atoms with van der Waals surface area (Å²) in [5, 5.41) is 18.3. The van der Waals surface area contributed by atoms with E-state index in [0.29, 0.717) is 6.54 Å². The lowest BCUT2D eigenvalue weighted by atomic mass is 10.2. The second kappa shape index (κ2) is 11.2. The van der Waals surface area contributed by atoms with E-state index in [-0.39, 0.29) is 0 Å². The Hall–Kier alpha value is -1.63. The fourth-order valence-electron chi connectivity index (χ4n) is 2.83. The van der Waals surface area contributed by atoms with Crippen molar-refractivity contribution in [3.05, 3.63) is 35.2 Å². The molecule has 1 atom stereocenters. The van der Waals surface area contributed by atoms with Crippen LogP contribution in [-0.2, 0) is 0 Å². The number of rotatable bonds is 10. The van der Waals surface area contributed by atoms with E-state index in [1.54, 1.807) is 11.3 Å². The topological polar surface area (TPSA) is 59.9 Å². The zero-order valence-electron chi connectivity index (χ0n) is 16.2. The molecule has 3 N–H and O–H groups in total. The third-order valence-corrected chi connectivity index (χ3v) is 5.59. The lowest BCUT2D eigenvalue weighted by Gasteiger charge is -2.18. The molecule has 0 aliphatic carbocycles. The Morgan fingerprint density at radius 2 is 1.96 bits per heavy atom. The predicted molar refractivity (Wildman–Crippen MR) is 113 cm³/mol. The molecule has 0 bridgehead atoms. The number of aliphatic imine (C=N–C) groups is 1. The number of hydrogen-bond acceptors (Lipinski definition) is 4. The van der Waals surface area contributed by atoms with Crippen molar-refractivity contribution in [3.8, 4) is 0 Å². The number of fused-ring (bicyclic) bond motifs is 1. The monoisotopic (exact) mass is 376 g/mol. The van der Waals surface area contributed by atoms with E-state index in [1.807, 2.05) is 12.1 Å². The van der Waals surface area contributed by atoms with E-state index >= 15 is 0 Å². The van der Waals surface area contributed by atoms with Crippen LogP contribution >= 0.6 is 11.3 Å². The van der Waals surface area contributed by atoms with Gasteiger partial charge in [-0.3, -0.25) is 4.99 Å². The van der Waals surface area contributed by atoms with E-state index in [1.165, 1.54) is 10.1 Å². The number of benzene rings is 1. The SMILES string of the molecule is CCNC(=NCC(O)c1cc2ccccc2s1)NCCCN(CC)CC. The van der Waals surface area contributed by atoms with Gasteiger partial charge >= 0.3 is 0 Å². The van der Waals surface area contributed by atoms with Crippen molar-refractivity contribution in [2.24, 2.45) is 4.99 Å². The number of aliphatic hydroxyl groups excluding tert-OH is 1. The smallest absolute Gasteiger partial charge is 0.191 e. The summed E-state index contributed by atoms with van der Waals surface area (Å²) in [7, 11) is 0. The average molecular weight is 377 g/mol. The molecule has 0 aliphatic rings. The molecule has 5 nitrogen and oxygen atoms in total. The Kier molecular flexibility index (Phi) is 8.88. The molecule has 1 unspecified atom stereocenters. The Balaban J connectivity index is 1.86. The highest BCUT2D eigenvalue weighted by Crippen LogP contribution is 2.29. The second-order valence-corrected chi connectivity index (χ2v) is 7.34. The van der Waals surface area contributed by atoms with Gasteiger partial charge in [-0.2, -0.15) is 0 Å². The molecule has 0 aliphatic heterocycles. The maximum absolute atomic E-state index is 10.5. The van der Waals surface area contributed by atoms with Crippen molar-refractivity contribution in [2.45, 2.75) is 33.3 Å².